The number of carbonyl (C=O) groups excluding carboxylic acids is 1. The van der Waals surface area contributed by atoms with Gasteiger partial charge in [-0.15, -0.1) is 10.2 Å². The number of para-hydroxylation sites is 1. The Morgan fingerprint density at radius 2 is 1.76 bits per heavy atom. The zero-order chi connectivity index (χ0) is 20.1. The van der Waals surface area contributed by atoms with Gasteiger partial charge in [-0.1, -0.05) is 36.4 Å². The second-order valence-corrected chi connectivity index (χ2v) is 6.75. The lowest BCUT2D eigenvalue weighted by atomic mass is 10.2. The number of benzene rings is 2. The van der Waals surface area contributed by atoms with Crippen molar-refractivity contribution in [3.05, 3.63) is 84.5 Å². The predicted octanol–water partition coefficient (Wildman–Crippen LogP) is 3.51. The summed E-state index contributed by atoms with van der Waals surface area (Å²) in [5.74, 6) is 0.939. The van der Waals surface area contributed by atoms with Crippen molar-refractivity contribution in [1.82, 2.24) is 24.9 Å². The number of amides is 1. The number of carbonyl (C=O) groups is 1. The monoisotopic (exact) mass is 387 g/mol. The highest BCUT2D eigenvalue weighted by molar-refractivity contribution is 5.76. The fourth-order valence-corrected chi connectivity index (χ4v) is 2.98. The van der Waals surface area contributed by atoms with E-state index in [0.717, 1.165) is 16.8 Å². The molecular formula is C22H21N5O2. The third kappa shape index (κ3) is 4.57. The van der Waals surface area contributed by atoms with Crippen molar-refractivity contribution in [2.24, 2.45) is 0 Å². The Labute approximate surface area is 168 Å². The average Bonchev–Trinajstić information content (AvgIpc) is 3.43. The van der Waals surface area contributed by atoms with Crippen LogP contribution in [0.4, 0.5) is 0 Å². The minimum absolute atomic E-state index is 0.0110. The van der Waals surface area contributed by atoms with Gasteiger partial charge in [0.1, 0.15) is 0 Å². The van der Waals surface area contributed by atoms with Crippen molar-refractivity contribution in [3.8, 4) is 17.1 Å². The van der Waals surface area contributed by atoms with Crippen LogP contribution in [0.3, 0.4) is 0 Å². The summed E-state index contributed by atoms with van der Waals surface area (Å²) in [6, 6.07) is 19.4. The molecule has 2 heterocycles. The lowest BCUT2D eigenvalue weighted by Gasteiger charge is -2.15. The fraction of sp³-hybridized carbons (Fsp3) is 0.182. The molecule has 0 N–H and O–H groups in total. The number of nitrogens with zero attached hydrogens (tertiary/aromatic N) is 5. The van der Waals surface area contributed by atoms with Crippen LogP contribution in [0.5, 0.6) is 0 Å². The van der Waals surface area contributed by atoms with Crippen LogP contribution in [0.15, 0.2) is 77.5 Å². The lowest BCUT2D eigenvalue weighted by Crippen LogP contribution is -2.26. The van der Waals surface area contributed by atoms with Crippen LogP contribution < -0.4 is 0 Å². The molecule has 0 saturated heterocycles. The molecule has 0 spiro atoms. The number of rotatable bonds is 7. The van der Waals surface area contributed by atoms with Gasteiger partial charge < -0.3 is 9.32 Å². The smallest absolute Gasteiger partial charge is 0.247 e. The largest absolute Gasteiger partial charge is 0.421 e. The number of aromatic nitrogens is 4. The van der Waals surface area contributed by atoms with Gasteiger partial charge >= 0.3 is 0 Å². The molecule has 0 aliphatic carbocycles. The maximum absolute atomic E-state index is 12.5. The normalized spacial score (nSPS) is 10.8. The number of hydrogen-bond acceptors (Lipinski definition) is 5. The van der Waals surface area contributed by atoms with E-state index in [1.807, 2.05) is 66.9 Å². The third-order valence-electron chi connectivity index (χ3n) is 4.54. The first-order chi connectivity index (χ1) is 14.2. The van der Waals surface area contributed by atoms with Gasteiger partial charge in [-0.2, -0.15) is 5.10 Å². The predicted molar refractivity (Wildman–Crippen MR) is 108 cm³/mol. The third-order valence-corrected chi connectivity index (χ3v) is 4.54. The Morgan fingerprint density at radius 1 is 1.03 bits per heavy atom. The summed E-state index contributed by atoms with van der Waals surface area (Å²) in [7, 11) is 1.78. The topological polar surface area (TPSA) is 77.1 Å². The average molecular weight is 387 g/mol. The lowest BCUT2D eigenvalue weighted by molar-refractivity contribution is -0.130. The molecule has 2 aromatic heterocycles. The van der Waals surface area contributed by atoms with Gasteiger partial charge in [0.15, 0.2) is 0 Å². The minimum Gasteiger partial charge on any atom is -0.421 e. The van der Waals surface area contributed by atoms with Crippen molar-refractivity contribution >= 4 is 5.91 Å². The van der Waals surface area contributed by atoms with Crippen molar-refractivity contribution < 1.29 is 9.21 Å². The van der Waals surface area contributed by atoms with E-state index in [1.165, 1.54) is 0 Å². The molecule has 0 aliphatic rings. The molecule has 7 heteroatoms. The van der Waals surface area contributed by atoms with Crippen molar-refractivity contribution in [3.63, 3.8) is 0 Å². The van der Waals surface area contributed by atoms with E-state index in [1.54, 1.807) is 22.8 Å². The van der Waals surface area contributed by atoms with E-state index in [2.05, 4.69) is 15.3 Å². The highest BCUT2D eigenvalue weighted by atomic mass is 16.4. The molecule has 0 radical (unpaired) electrons. The minimum atomic E-state index is 0.0110. The van der Waals surface area contributed by atoms with Crippen LogP contribution >= 0.6 is 0 Å². The summed E-state index contributed by atoms with van der Waals surface area (Å²) in [4.78, 5) is 14.2. The van der Waals surface area contributed by atoms with Crippen LogP contribution in [-0.2, 0) is 17.8 Å². The van der Waals surface area contributed by atoms with Crippen molar-refractivity contribution in [2.45, 2.75) is 19.4 Å². The second kappa shape index (κ2) is 8.52. The van der Waals surface area contributed by atoms with Gasteiger partial charge in [-0.05, 0) is 24.3 Å². The first-order valence-electron chi connectivity index (χ1n) is 9.40. The maximum Gasteiger partial charge on any atom is 0.247 e. The molecule has 0 saturated carbocycles. The van der Waals surface area contributed by atoms with Crippen LogP contribution in [-0.4, -0.2) is 37.8 Å². The summed E-state index contributed by atoms with van der Waals surface area (Å²) in [6.45, 7) is 0.491. The molecule has 7 nitrogen and oxygen atoms in total. The Balaban J connectivity index is 1.31. The molecule has 4 rings (SSSR count). The molecule has 2 aromatic carbocycles. The van der Waals surface area contributed by atoms with Crippen LogP contribution in [0.25, 0.3) is 17.1 Å². The fourth-order valence-electron chi connectivity index (χ4n) is 2.98. The van der Waals surface area contributed by atoms with Gasteiger partial charge in [0.25, 0.3) is 0 Å². The molecular weight excluding hydrogens is 366 g/mol. The first-order valence-corrected chi connectivity index (χ1v) is 9.40. The van der Waals surface area contributed by atoms with Crippen molar-refractivity contribution in [2.75, 3.05) is 7.05 Å². The van der Waals surface area contributed by atoms with E-state index >= 15 is 0 Å². The molecule has 0 bridgehead atoms. The Hall–Kier alpha value is -3.74. The van der Waals surface area contributed by atoms with Crippen LogP contribution in [0, 0.1) is 0 Å². The second-order valence-electron chi connectivity index (χ2n) is 6.75. The van der Waals surface area contributed by atoms with Crippen LogP contribution in [0.1, 0.15) is 17.9 Å². The highest BCUT2D eigenvalue weighted by Crippen LogP contribution is 2.18. The molecule has 0 atom stereocenters. The summed E-state index contributed by atoms with van der Waals surface area (Å²) in [6.07, 6.45) is 4.43. The van der Waals surface area contributed by atoms with Gasteiger partial charge in [0.05, 0.1) is 11.9 Å². The van der Waals surface area contributed by atoms with Crippen LogP contribution in [0.2, 0.25) is 0 Å². The van der Waals surface area contributed by atoms with Gasteiger partial charge in [-0.25, -0.2) is 4.68 Å². The summed E-state index contributed by atoms with van der Waals surface area (Å²) < 4.78 is 7.47. The molecule has 0 aliphatic heterocycles. The molecule has 29 heavy (non-hydrogen) atoms. The van der Waals surface area contributed by atoms with Gasteiger partial charge in [0, 0.05) is 43.8 Å². The maximum atomic E-state index is 12.5. The highest BCUT2D eigenvalue weighted by Gasteiger charge is 2.14. The van der Waals surface area contributed by atoms with Crippen molar-refractivity contribution in [1.29, 1.82) is 0 Å². The van der Waals surface area contributed by atoms with Gasteiger partial charge in [-0.3, -0.25) is 4.79 Å². The summed E-state index contributed by atoms with van der Waals surface area (Å²) in [5.41, 5.74) is 2.82. The molecule has 1 amide bonds. The molecule has 4 aromatic rings. The molecule has 0 fully saturated rings. The first kappa shape index (κ1) is 18.6. The number of hydrogen-bond donors (Lipinski definition) is 0. The Kier molecular flexibility index (Phi) is 5.47. The quantitative estimate of drug-likeness (QED) is 0.485. The zero-order valence-electron chi connectivity index (χ0n) is 16.1. The molecule has 0 unspecified atom stereocenters. The van der Waals surface area contributed by atoms with E-state index in [9.17, 15) is 4.79 Å². The Morgan fingerprint density at radius 3 is 2.52 bits per heavy atom. The standard InChI is InChI=1S/C22H21N5O2/c1-26(15-17-14-23-27(16-17)19-10-6-3-7-11-19)21(28)13-12-20-24-25-22(29-20)18-8-4-2-5-9-18/h2-11,14,16H,12-13,15H2,1H3. The SMILES string of the molecule is CN(Cc1cnn(-c2ccccc2)c1)C(=O)CCc1nnc(-c2ccccc2)o1. The number of aryl methyl sites for hydroxylation is 1. The van der Waals surface area contributed by atoms with Gasteiger partial charge in [0.2, 0.25) is 17.7 Å². The zero-order valence-corrected chi connectivity index (χ0v) is 16.1. The molecule has 146 valence electrons. The van der Waals surface area contributed by atoms with E-state index in [4.69, 9.17) is 4.42 Å². The van der Waals surface area contributed by atoms with E-state index in [0.29, 0.717) is 31.2 Å². The summed E-state index contributed by atoms with van der Waals surface area (Å²) in [5, 5.41) is 12.5. The van der Waals surface area contributed by atoms with E-state index < -0.39 is 0 Å². The summed E-state index contributed by atoms with van der Waals surface area (Å²) >= 11 is 0. The Bertz CT molecular complexity index is 1070. The van der Waals surface area contributed by atoms with E-state index in [-0.39, 0.29) is 5.91 Å².